The van der Waals surface area contributed by atoms with Crippen LogP contribution >= 0.6 is 11.6 Å². The van der Waals surface area contributed by atoms with Crippen LogP contribution < -0.4 is 14.8 Å². The lowest BCUT2D eigenvalue weighted by Crippen LogP contribution is -2.17. The van der Waals surface area contributed by atoms with Crippen molar-refractivity contribution < 1.29 is 35.9 Å². The zero-order valence-electron chi connectivity index (χ0n) is 16.2. The van der Waals surface area contributed by atoms with Gasteiger partial charge in [-0.3, -0.25) is 4.79 Å². The quantitative estimate of drug-likeness (QED) is 0.522. The van der Waals surface area contributed by atoms with Crippen molar-refractivity contribution >= 4 is 33.0 Å². The van der Waals surface area contributed by atoms with Crippen LogP contribution in [-0.2, 0) is 9.84 Å². The molecule has 0 saturated heterocycles. The second kappa shape index (κ2) is 9.05. The molecule has 32 heavy (non-hydrogen) atoms. The number of hydrogen-bond donors (Lipinski definition) is 1. The summed E-state index contributed by atoms with van der Waals surface area (Å²) >= 11 is 5.93. The monoisotopic (exact) mass is 486 g/mol. The van der Waals surface area contributed by atoms with Crippen molar-refractivity contribution in [2.24, 2.45) is 0 Å². The summed E-state index contributed by atoms with van der Waals surface area (Å²) in [7, 11) is -3.49. The summed E-state index contributed by atoms with van der Waals surface area (Å²) in [5, 5.41) is 2.66. The maximum atomic E-state index is 12.8. The fourth-order valence-corrected chi connectivity index (χ4v) is 3.32. The Balaban J connectivity index is 1.83. The van der Waals surface area contributed by atoms with Gasteiger partial charge in [0.15, 0.2) is 9.84 Å². The Hall–Kier alpha value is -3.31. The Kier molecular flexibility index (Phi) is 6.60. The molecule has 12 heteroatoms. The summed E-state index contributed by atoms with van der Waals surface area (Å²) in [4.78, 5) is 16.7. The number of nitrogens with one attached hydrogen (secondary N) is 1. The number of pyridine rings is 1. The number of halogens is 4. The topological polar surface area (TPSA) is 94.6 Å². The van der Waals surface area contributed by atoms with Crippen molar-refractivity contribution in [1.82, 2.24) is 4.98 Å². The van der Waals surface area contributed by atoms with Gasteiger partial charge in [0, 0.05) is 18.1 Å². The van der Waals surface area contributed by atoms with E-state index in [1.807, 2.05) is 0 Å². The molecule has 168 valence electrons. The number of alkyl halides is 3. The van der Waals surface area contributed by atoms with Crippen molar-refractivity contribution in [1.29, 1.82) is 0 Å². The van der Waals surface area contributed by atoms with Gasteiger partial charge in [-0.05, 0) is 48.5 Å². The van der Waals surface area contributed by atoms with Crippen LogP contribution in [0, 0.1) is 0 Å². The first-order chi connectivity index (χ1) is 14.9. The predicted molar refractivity (Wildman–Crippen MR) is 110 cm³/mol. The summed E-state index contributed by atoms with van der Waals surface area (Å²) < 4.78 is 69.6. The molecular formula is C20H14ClF3N2O5S. The lowest BCUT2D eigenvalue weighted by molar-refractivity contribution is -0.274. The lowest BCUT2D eigenvalue weighted by atomic mass is 10.2. The van der Waals surface area contributed by atoms with Crippen LogP contribution in [0.25, 0.3) is 0 Å². The average Bonchev–Trinajstić information content (AvgIpc) is 2.69. The van der Waals surface area contributed by atoms with Crippen molar-refractivity contribution in [2.45, 2.75) is 11.3 Å². The highest BCUT2D eigenvalue weighted by atomic mass is 35.5. The second-order valence-electron chi connectivity index (χ2n) is 6.38. The normalized spacial score (nSPS) is 11.7. The van der Waals surface area contributed by atoms with Gasteiger partial charge in [-0.25, -0.2) is 13.4 Å². The van der Waals surface area contributed by atoms with Crippen molar-refractivity contribution in [3.63, 3.8) is 0 Å². The molecule has 0 fully saturated rings. The second-order valence-corrected chi connectivity index (χ2v) is 8.83. The first-order valence-electron chi connectivity index (χ1n) is 8.71. The molecule has 1 aromatic heterocycles. The van der Waals surface area contributed by atoms with E-state index in [4.69, 9.17) is 16.3 Å². The minimum absolute atomic E-state index is 0.0113. The zero-order valence-corrected chi connectivity index (χ0v) is 17.8. The van der Waals surface area contributed by atoms with E-state index < -0.39 is 27.9 Å². The summed E-state index contributed by atoms with van der Waals surface area (Å²) in [6, 6.07) is 11.4. The molecule has 0 aliphatic carbocycles. The van der Waals surface area contributed by atoms with E-state index in [9.17, 15) is 26.4 Å². The molecule has 2 aromatic carbocycles. The van der Waals surface area contributed by atoms with Gasteiger partial charge in [0.1, 0.15) is 17.1 Å². The predicted octanol–water partition coefficient (Wildman–Crippen LogP) is 5.08. The molecule has 0 radical (unpaired) electrons. The number of rotatable bonds is 6. The average molecular weight is 487 g/mol. The SMILES string of the molecule is CS(=O)(=O)c1cccc(NC(=O)c2cc(Cl)cnc2Oc2ccc(OC(F)(F)F)cc2)c1. The summed E-state index contributed by atoms with van der Waals surface area (Å²) in [6.45, 7) is 0. The molecule has 3 aromatic rings. The standard InChI is InChI=1S/C20H14ClF3N2O5S/c1-32(28,29)16-4-2-3-13(10-16)26-18(27)17-9-12(21)11-25-19(17)30-14-5-7-15(8-6-14)31-20(22,23)24/h2-11H,1H3,(H,26,27). The Morgan fingerprint density at radius 1 is 1.06 bits per heavy atom. The van der Waals surface area contributed by atoms with E-state index in [2.05, 4.69) is 15.0 Å². The summed E-state index contributed by atoms with van der Waals surface area (Å²) in [5.74, 6) is -1.23. The number of carbonyl (C=O) groups is 1. The largest absolute Gasteiger partial charge is 0.573 e. The number of ether oxygens (including phenoxy) is 2. The lowest BCUT2D eigenvalue weighted by Gasteiger charge is -2.12. The maximum absolute atomic E-state index is 12.8. The van der Waals surface area contributed by atoms with Crippen molar-refractivity contribution in [2.75, 3.05) is 11.6 Å². The molecule has 0 saturated carbocycles. The maximum Gasteiger partial charge on any atom is 0.573 e. The van der Waals surface area contributed by atoms with Crippen LogP contribution in [0.5, 0.6) is 17.4 Å². The van der Waals surface area contributed by atoms with E-state index in [1.54, 1.807) is 0 Å². The van der Waals surface area contributed by atoms with Crippen LogP contribution in [0.3, 0.4) is 0 Å². The van der Waals surface area contributed by atoms with Crippen LogP contribution in [-0.4, -0.2) is 31.9 Å². The van der Waals surface area contributed by atoms with E-state index in [0.29, 0.717) is 0 Å². The molecular weight excluding hydrogens is 473 g/mol. The third kappa shape index (κ3) is 6.34. The molecule has 0 aliphatic heterocycles. The van der Waals surface area contributed by atoms with Gasteiger partial charge in [-0.2, -0.15) is 0 Å². The minimum Gasteiger partial charge on any atom is -0.438 e. The number of hydrogen-bond acceptors (Lipinski definition) is 6. The van der Waals surface area contributed by atoms with E-state index in [-0.39, 0.29) is 32.8 Å². The number of aromatic nitrogens is 1. The molecule has 7 nitrogen and oxygen atoms in total. The van der Waals surface area contributed by atoms with Crippen molar-refractivity contribution in [3.05, 3.63) is 71.4 Å². The van der Waals surface area contributed by atoms with Gasteiger partial charge in [0.05, 0.1) is 9.92 Å². The van der Waals surface area contributed by atoms with Crippen LogP contribution in [0.2, 0.25) is 5.02 Å². The number of amides is 1. The fraction of sp³-hybridized carbons (Fsp3) is 0.100. The molecule has 0 atom stereocenters. The molecule has 0 bridgehead atoms. The zero-order chi connectivity index (χ0) is 23.5. The van der Waals surface area contributed by atoms with E-state index >= 15 is 0 Å². The van der Waals surface area contributed by atoms with Gasteiger partial charge in [-0.15, -0.1) is 13.2 Å². The molecule has 1 amide bonds. The third-order valence-electron chi connectivity index (χ3n) is 3.85. The molecule has 3 rings (SSSR count). The number of carbonyl (C=O) groups excluding carboxylic acids is 1. The van der Waals surface area contributed by atoms with Crippen LogP contribution in [0.15, 0.2) is 65.7 Å². The first-order valence-corrected chi connectivity index (χ1v) is 11.0. The smallest absolute Gasteiger partial charge is 0.438 e. The molecule has 0 spiro atoms. The van der Waals surface area contributed by atoms with Crippen molar-refractivity contribution in [3.8, 4) is 17.4 Å². The number of sulfone groups is 1. The highest BCUT2D eigenvalue weighted by Crippen LogP contribution is 2.29. The highest BCUT2D eigenvalue weighted by molar-refractivity contribution is 7.90. The third-order valence-corrected chi connectivity index (χ3v) is 5.17. The number of nitrogens with zero attached hydrogens (tertiary/aromatic N) is 1. The number of anilines is 1. The van der Waals surface area contributed by atoms with Gasteiger partial charge in [0.25, 0.3) is 5.91 Å². The Morgan fingerprint density at radius 3 is 2.34 bits per heavy atom. The summed E-state index contributed by atoms with van der Waals surface area (Å²) in [5.41, 5.74) is 0.121. The van der Waals surface area contributed by atoms with E-state index in [0.717, 1.165) is 18.4 Å². The van der Waals surface area contributed by atoms with Gasteiger partial charge >= 0.3 is 6.36 Å². The molecule has 0 unspecified atom stereocenters. The molecule has 1 N–H and O–H groups in total. The Morgan fingerprint density at radius 2 is 1.72 bits per heavy atom. The van der Waals surface area contributed by atoms with Gasteiger partial charge in [-0.1, -0.05) is 17.7 Å². The molecule has 1 heterocycles. The van der Waals surface area contributed by atoms with Crippen LogP contribution in [0.1, 0.15) is 10.4 Å². The highest BCUT2D eigenvalue weighted by Gasteiger charge is 2.31. The van der Waals surface area contributed by atoms with Crippen LogP contribution in [0.4, 0.5) is 18.9 Å². The van der Waals surface area contributed by atoms with Gasteiger partial charge < -0.3 is 14.8 Å². The number of benzene rings is 2. The Labute approximate surface area is 185 Å². The van der Waals surface area contributed by atoms with Gasteiger partial charge in [0.2, 0.25) is 5.88 Å². The summed E-state index contributed by atoms with van der Waals surface area (Å²) in [6.07, 6.45) is -2.58. The first kappa shape index (κ1) is 23.4. The minimum atomic E-state index is -4.83. The fourth-order valence-electron chi connectivity index (χ4n) is 2.49. The molecule has 0 aliphatic rings. The Bertz CT molecular complexity index is 1250. The van der Waals surface area contributed by atoms with E-state index in [1.165, 1.54) is 48.7 Å².